The van der Waals surface area contributed by atoms with E-state index in [0.717, 1.165) is 4.57 Å². The van der Waals surface area contributed by atoms with Gasteiger partial charge in [0.15, 0.2) is 6.20 Å². The standard InChI is InChI=1S/C11H13NO4/c1-11(2,3)16-10(15)12-7-5-4-6-8(12)9(13)14/h4-7H,1-3H3. The highest BCUT2D eigenvalue weighted by Gasteiger charge is 2.27. The van der Waals surface area contributed by atoms with Gasteiger partial charge < -0.3 is 14.6 Å². The second-order valence-electron chi connectivity index (χ2n) is 4.22. The SMILES string of the molecule is CC(C)(C)OC(=O)[n+]1ccccc1C(=O)[O-]. The fraction of sp³-hybridized carbons (Fsp3) is 0.364. The summed E-state index contributed by atoms with van der Waals surface area (Å²) in [5.41, 5.74) is -0.917. The van der Waals surface area contributed by atoms with Gasteiger partial charge in [-0.25, -0.2) is 0 Å². The Morgan fingerprint density at radius 1 is 1.31 bits per heavy atom. The third-order valence-electron chi connectivity index (χ3n) is 1.66. The average molecular weight is 223 g/mol. The summed E-state index contributed by atoms with van der Waals surface area (Å²) in [6.45, 7) is 5.10. The van der Waals surface area contributed by atoms with E-state index in [1.54, 1.807) is 20.8 Å². The van der Waals surface area contributed by atoms with Crippen LogP contribution in [0.3, 0.4) is 0 Å². The Morgan fingerprint density at radius 2 is 1.94 bits per heavy atom. The van der Waals surface area contributed by atoms with Crippen LogP contribution in [-0.2, 0) is 4.74 Å². The molecule has 16 heavy (non-hydrogen) atoms. The Kier molecular flexibility index (Phi) is 3.27. The van der Waals surface area contributed by atoms with Gasteiger partial charge in [-0.15, -0.1) is 0 Å². The molecule has 5 nitrogen and oxygen atoms in total. The number of carboxylic acid groups (broad SMARTS) is 1. The summed E-state index contributed by atoms with van der Waals surface area (Å²) in [6, 6.07) is 4.32. The number of aromatic nitrogens is 1. The van der Waals surface area contributed by atoms with E-state index in [-0.39, 0.29) is 5.69 Å². The van der Waals surface area contributed by atoms with Crippen molar-refractivity contribution in [3.8, 4) is 0 Å². The van der Waals surface area contributed by atoms with Crippen LogP contribution in [0.2, 0.25) is 0 Å². The van der Waals surface area contributed by atoms with Crippen molar-refractivity contribution in [3.05, 3.63) is 30.1 Å². The molecule has 0 aliphatic rings. The lowest BCUT2D eigenvalue weighted by Crippen LogP contribution is -2.52. The Balaban J connectivity index is 3.04. The number of aromatic carboxylic acids is 1. The summed E-state index contributed by atoms with van der Waals surface area (Å²) >= 11 is 0. The lowest BCUT2D eigenvalue weighted by atomic mass is 10.2. The van der Waals surface area contributed by atoms with Crippen LogP contribution in [0, 0.1) is 0 Å². The first-order valence-corrected chi connectivity index (χ1v) is 4.76. The van der Waals surface area contributed by atoms with E-state index in [1.165, 1.54) is 24.4 Å². The van der Waals surface area contributed by atoms with E-state index >= 15 is 0 Å². The molecule has 0 fully saturated rings. The van der Waals surface area contributed by atoms with Gasteiger partial charge in [0.1, 0.15) is 11.6 Å². The van der Waals surface area contributed by atoms with Crippen molar-refractivity contribution in [2.45, 2.75) is 26.4 Å². The smallest absolute Gasteiger partial charge is 0.539 e. The molecular formula is C11H13NO4. The van der Waals surface area contributed by atoms with Gasteiger partial charge in [0.25, 0.3) is 0 Å². The largest absolute Gasteiger partial charge is 0.603 e. The normalized spacial score (nSPS) is 10.9. The molecule has 1 aromatic rings. The maximum atomic E-state index is 11.6. The van der Waals surface area contributed by atoms with Crippen LogP contribution in [0.4, 0.5) is 4.79 Å². The first kappa shape index (κ1) is 12.2. The van der Waals surface area contributed by atoms with Gasteiger partial charge in [-0.1, -0.05) is 4.57 Å². The molecule has 0 bridgehead atoms. The molecular weight excluding hydrogens is 210 g/mol. The van der Waals surface area contributed by atoms with E-state index in [4.69, 9.17) is 4.74 Å². The fourth-order valence-electron chi connectivity index (χ4n) is 1.08. The molecule has 1 rings (SSSR count). The second-order valence-corrected chi connectivity index (χ2v) is 4.22. The topological polar surface area (TPSA) is 70.3 Å². The molecule has 0 saturated carbocycles. The zero-order valence-corrected chi connectivity index (χ0v) is 9.39. The highest BCUT2D eigenvalue weighted by atomic mass is 16.6. The summed E-state index contributed by atoms with van der Waals surface area (Å²) in [4.78, 5) is 22.4. The van der Waals surface area contributed by atoms with E-state index in [1.807, 2.05) is 0 Å². The number of carboxylic acids is 1. The lowest BCUT2D eigenvalue weighted by molar-refractivity contribution is -0.594. The monoisotopic (exact) mass is 223 g/mol. The summed E-state index contributed by atoms with van der Waals surface area (Å²) in [5, 5.41) is 10.8. The number of nitrogens with zero attached hydrogens (tertiary/aromatic N) is 1. The van der Waals surface area contributed by atoms with Crippen LogP contribution >= 0.6 is 0 Å². The highest BCUT2D eigenvalue weighted by molar-refractivity contribution is 5.82. The van der Waals surface area contributed by atoms with Crippen LogP contribution in [0.25, 0.3) is 0 Å². The van der Waals surface area contributed by atoms with Crippen molar-refractivity contribution >= 4 is 12.1 Å². The summed E-state index contributed by atoms with van der Waals surface area (Å²) in [7, 11) is 0. The van der Waals surface area contributed by atoms with Gasteiger partial charge in [-0.05, 0) is 26.8 Å². The van der Waals surface area contributed by atoms with E-state index in [0.29, 0.717) is 0 Å². The van der Waals surface area contributed by atoms with Crippen molar-refractivity contribution < 1.29 is 24.0 Å². The molecule has 0 amide bonds. The van der Waals surface area contributed by atoms with Crippen molar-refractivity contribution in [1.82, 2.24) is 0 Å². The molecule has 1 aromatic heterocycles. The van der Waals surface area contributed by atoms with Crippen LogP contribution in [0.1, 0.15) is 31.3 Å². The van der Waals surface area contributed by atoms with Gasteiger partial charge in [0.2, 0.25) is 5.69 Å². The molecule has 0 N–H and O–H groups in total. The molecule has 0 unspecified atom stereocenters. The number of carbonyl (C=O) groups is 2. The van der Waals surface area contributed by atoms with Gasteiger partial charge >= 0.3 is 6.09 Å². The van der Waals surface area contributed by atoms with Crippen molar-refractivity contribution in [1.29, 1.82) is 0 Å². The minimum atomic E-state index is -1.42. The minimum Gasteiger partial charge on any atom is -0.539 e. The molecule has 0 radical (unpaired) electrons. The number of carbonyl (C=O) groups excluding carboxylic acids is 2. The highest BCUT2D eigenvalue weighted by Crippen LogP contribution is 2.06. The molecule has 0 spiro atoms. The van der Waals surface area contributed by atoms with Crippen molar-refractivity contribution in [3.63, 3.8) is 0 Å². The molecule has 0 atom stereocenters. The first-order chi connectivity index (χ1) is 7.31. The summed E-state index contributed by atoms with van der Waals surface area (Å²) in [6.07, 6.45) is 0.575. The third kappa shape index (κ3) is 3.05. The number of hydrogen-bond donors (Lipinski definition) is 0. The molecule has 0 aliphatic carbocycles. The molecule has 86 valence electrons. The Morgan fingerprint density at radius 3 is 2.44 bits per heavy atom. The van der Waals surface area contributed by atoms with Crippen LogP contribution < -0.4 is 9.67 Å². The van der Waals surface area contributed by atoms with Gasteiger partial charge in [-0.3, -0.25) is 0 Å². The quantitative estimate of drug-likeness (QED) is 0.634. The van der Waals surface area contributed by atoms with Gasteiger partial charge in [0.05, 0.1) is 0 Å². The number of ether oxygens (including phenoxy) is 1. The maximum absolute atomic E-state index is 11.6. The molecule has 0 aliphatic heterocycles. The number of rotatable bonds is 1. The predicted octanol–water partition coefficient (Wildman–Crippen LogP) is 0.121. The van der Waals surface area contributed by atoms with E-state index in [2.05, 4.69) is 0 Å². The second kappa shape index (κ2) is 4.30. The first-order valence-electron chi connectivity index (χ1n) is 4.76. The van der Waals surface area contributed by atoms with Crippen molar-refractivity contribution in [2.75, 3.05) is 0 Å². The van der Waals surface area contributed by atoms with Gasteiger partial charge in [-0.2, -0.15) is 4.79 Å². The molecule has 0 aromatic carbocycles. The summed E-state index contributed by atoms with van der Waals surface area (Å²) in [5.74, 6) is -1.42. The Hall–Kier alpha value is -1.91. The minimum absolute atomic E-state index is 0.239. The van der Waals surface area contributed by atoms with E-state index < -0.39 is 17.7 Å². The molecule has 0 saturated heterocycles. The fourth-order valence-corrected chi connectivity index (χ4v) is 1.08. The third-order valence-corrected chi connectivity index (χ3v) is 1.66. The Bertz CT molecular complexity index is 420. The molecule has 5 heteroatoms. The van der Waals surface area contributed by atoms with E-state index in [9.17, 15) is 14.7 Å². The number of pyridine rings is 1. The van der Waals surface area contributed by atoms with Crippen LogP contribution in [0.15, 0.2) is 24.4 Å². The maximum Gasteiger partial charge on any atom is 0.603 e. The number of hydrogen-bond acceptors (Lipinski definition) is 4. The molecule has 1 heterocycles. The lowest BCUT2D eigenvalue weighted by Gasteiger charge is -2.16. The van der Waals surface area contributed by atoms with Crippen LogP contribution in [-0.4, -0.2) is 17.7 Å². The zero-order chi connectivity index (χ0) is 12.3. The average Bonchev–Trinajstić information content (AvgIpc) is 2.15. The zero-order valence-electron chi connectivity index (χ0n) is 9.39. The van der Waals surface area contributed by atoms with Crippen LogP contribution in [0.5, 0.6) is 0 Å². The van der Waals surface area contributed by atoms with Gasteiger partial charge in [0, 0.05) is 12.1 Å². The summed E-state index contributed by atoms with van der Waals surface area (Å²) < 4.78 is 5.95. The van der Waals surface area contributed by atoms with Crippen molar-refractivity contribution in [2.24, 2.45) is 0 Å². The predicted molar refractivity (Wildman–Crippen MR) is 52.6 cm³/mol. The Labute approximate surface area is 93.3 Å².